The first-order valence-corrected chi connectivity index (χ1v) is 6.92. The molecule has 0 spiro atoms. The second kappa shape index (κ2) is 5.67. The Bertz CT molecular complexity index is 116. The van der Waals surface area contributed by atoms with Crippen molar-refractivity contribution in [2.45, 2.75) is 39.5 Å². The molecule has 1 atom stereocenters. The summed E-state index contributed by atoms with van der Waals surface area (Å²) in [5.74, 6) is -0.919. The van der Waals surface area contributed by atoms with Crippen LogP contribution < -0.4 is 0 Å². The van der Waals surface area contributed by atoms with Gasteiger partial charge in [0.1, 0.15) is 5.79 Å². The summed E-state index contributed by atoms with van der Waals surface area (Å²) in [6.07, 6.45) is 0.475. The smallest absolute Gasteiger partial charge is 0.370 e. The molecule has 2 nitrogen and oxygen atoms in total. The fourth-order valence-corrected chi connectivity index (χ4v) is 3.50. The fraction of sp³-hybridized carbons (Fsp3) is 1.00. The summed E-state index contributed by atoms with van der Waals surface area (Å²) in [6.45, 7) is 8.40. The average Bonchev–Trinajstić information content (AvgIpc) is 2.04. The van der Waals surface area contributed by atoms with Gasteiger partial charge in [0.2, 0.25) is 0 Å². The van der Waals surface area contributed by atoms with Crippen molar-refractivity contribution in [2.75, 3.05) is 13.2 Å². The third kappa shape index (κ3) is 3.21. The molecule has 0 heterocycles. The summed E-state index contributed by atoms with van der Waals surface area (Å²) < 4.78 is 24.1. The van der Waals surface area contributed by atoms with Crippen LogP contribution in [0.1, 0.15) is 27.2 Å². The van der Waals surface area contributed by atoms with Gasteiger partial charge in [-0.25, -0.2) is 4.39 Å². The van der Waals surface area contributed by atoms with Gasteiger partial charge >= 0.3 is 8.56 Å². The van der Waals surface area contributed by atoms with Gasteiger partial charge in [-0.3, -0.25) is 0 Å². The molecule has 0 bridgehead atoms. The van der Waals surface area contributed by atoms with E-state index in [1.165, 1.54) is 0 Å². The number of halogens is 1. The summed E-state index contributed by atoms with van der Waals surface area (Å²) in [5, 5.41) is 0. The average molecular weight is 194 g/mol. The molecule has 0 N–H and O–H groups in total. The number of alkyl halides is 1. The van der Waals surface area contributed by atoms with Crippen molar-refractivity contribution >= 4 is 8.56 Å². The van der Waals surface area contributed by atoms with Crippen molar-refractivity contribution in [3.63, 3.8) is 0 Å². The van der Waals surface area contributed by atoms with E-state index in [9.17, 15) is 4.39 Å². The van der Waals surface area contributed by atoms with Crippen molar-refractivity contribution < 1.29 is 13.2 Å². The van der Waals surface area contributed by atoms with E-state index in [0.717, 1.165) is 0 Å². The quantitative estimate of drug-likeness (QED) is 0.605. The first kappa shape index (κ1) is 12.1. The predicted molar refractivity (Wildman–Crippen MR) is 50.1 cm³/mol. The molecule has 0 aromatic rings. The molecule has 4 heteroatoms. The Morgan fingerprint density at radius 2 is 1.58 bits per heavy atom. The summed E-state index contributed by atoms with van der Waals surface area (Å²) in [5.41, 5.74) is 0. The van der Waals surface area contributed by atoms with Crippen molar-refractivity contribution in [1.29, 1.82) is 0 Å². The SMILES string of the molecule is CCO[Si](C)(OCC)C(F)CC. The van der Waals surface area contributed by atoms with Crippen LogP contribution in [0.5, 0.6) is 0 Å². The molecule has 0 fully saturated rings. The molecule has 74 valence electrons. The molecule has 1 unspecified atom stereocenters. The Kier molecular flexibility index (Phi) is 5.70. The second-order valence-electron chi connectivity index (χ2n) is 2.76. The molecule has 0 saturated heterocycles. The second-order valence-corrected chi connectivity index (χ2v) is 5.99. The summed E-state index contributed by atoms with van der Waals surface area (Å²) in [4.78, 5) is 0. The molecule has 0 aliphatic rings. The van der Waals surface area contributed by atoms with Gasteiger partial charge in [0.15, 0.2) is 0 Å². The lowest BCUT2D eigenvalue weighted by molar-refractivity contribution is 0.153. The van der Waals surface area contributed by atoms with E-state index >= 15 is 0 Å². The van der Waals surface area contributed by atoms with Crippen molar-refractivity contribution in [1.82, 2.24) is 0 Å². The predicted octanol–water partition coefficient (Wildman–Crippen LogP) is 2.42. The molecular weight excluding hydrogens is 175 g/mol. The Balaban J connectivity index is 4.15. The number of rotatable bonds is 6. The normalized spacial score (nSPS) is 14.8. The Morgan fingerprint density at radius 3 is 1.83 bits per heavy atom. The van der Waals surface area contributed by atoms with Crippen LogP contribution in [0, 0.1) is 0 Å². The summed E-state index contributed by atoms with van der Waals surface area (Å²) >= 11 is 0. The van der Waals surface area contributed by atoms with Crippen LogP contribution in [0.2, 0.25) is 6.55 Å². The van der Waals surface area contributed by atoms with Gasteiger partial charge in [-0.15, -0.1) is 0 Å². The highest BCUT2D eigenvalue weighted by Gasteiger charge is 2.40. The minimum Gasteiger partial charge on any atom is -0.393 e. The van der Waals surface area contributed by atoms with Crippen LogP contribution in [0.3, 0.4) is 0 Å². The Labute approximate surface area is 75.3 Å². The van der Waals surface area contributed by atoms with E-state index in [-0.39, 0.29) is 0 Å². The largest absolute Gasteiger partial charge is 0.393 e. The van der Waals surface area contributed by atoms with Gasteiger partial charge < -0.3 is 8.85 Å². The first-order chi connectivity index (χ1) is 5.60. The highest BCUT2D eigenvalue weighted by atomic mass is 28.4. The molecule has 0 saturated carbocycles. The topological polar surface area (TPSA) is 18.5 Å². The lowest BCUT2D eigenvalue weighted by atomic mass is 10.5. The van der Waals surface area contributed by atoms with E-state index in [2.05, 4.69) is 0 Å². The number of hydrogen-bond donors (Lipinski definition) is 0. The minimum absolute atomic E-state index is 0.475. The summed E-state index contributed by atoms with van der Waals surface area (Å²) in [6, 6.07) is 0. The first-order valence-electron chi connectivity index (χ1n) is 4.52. The van der Waals surface area contributed by atoms with Gasteiger partial charge in [0.25, 0.3) is 0 Å². The molecule has 0 aromatic heterocycles. The standard InChI is InChI=1S/C8H19FO2Si/c1-5-8(9)12(4,10-6-2)11-7-3/h8H,5-7H2,1-4H3. The molecule has 0 aromatic carbocycles. The zero-order chi connectivity index (χ0) is 9.61. The molecule has 0 radical (unpaired) electrons. The Hall–Kier alpha value is 0.0669. The highest BCUT2D eigenvalue weighted by molar-refractivity contribution is 6.67. The van der Waals surface area contributed by atoms with E-state index in [4.69, 9.17) is 8.85 Å². The van der Waals surface area contributed by atoms with Crippen LogP contribution in [0.25, 0.3) is 0 Å². The third-order valence-corrected chi connectivity index (χ3v) is 5.06. The summed E-state index contributed by atoms with van der Waals surface area (Å²) in [7, 11) is -2.52. The monoisotopic (exact) mass is 194 g/mol. The lowest BCUT2D eigenvalue weighted by Gasteiger charge is -2.28. The lowest BCUT2D eigenvalue weighted by Crippen LogP contribution is -2.48. The zero-order valence-electron chi connectivity index (χ0n) is 8.39. The molecule has 0 aliphatic heterocycles. The van der Waals surface area contributed by atoms with Crippen LogP contribution in [-0.4, -0.2) is 27.6 Å². The molecule has 0 aliphatic carbocycles. The van der Waals surface area contributed by atoms with Crippen LogP contribution in [0.4, 0.5) is 4.39 Å². The van der Waals surface area contributed by atoms with E-state index in [0.29, 0.717) is 19.6 Å². The minimum atomic E-state index is -2.52. The fourth-order valence-electron chi connectivity index (χ4n) is 1.17. The Morgan fingerprint density at radius 1 is 1.17 bits per heavy atom. The maximum Gasteiger partial charge on any atom is 0.370 e. The van der Waals surface area contributed by atoms with Gasteiger partial charge in [-0.1, -0.05) is 6.92 Å². The van der Waals surface area contributed by atoms with Crippen LogP contribution >= 0.6 is 0 Å². The highest BCUT2D eigenvalue weighted by Crippen LogP contribution is 2.18. The molecule has 0 rings (SSSR count). The van der Waals surface area contributed by atoms with Crippen LogP contribution in [-0.2, 0) is 8.85 Å². The van der Waals surface area contributed by atoms with Crippen molar-refractivity contribution in [3.8, 4) is 0 Å². The van der Waals surface area contributed by atoms with Crippen molar-refractivity contribution in [2.24, 2.45) is 0 Å². The molecule has 12 heavy (non-hydrogen) atoms. The van der Waals surface area contributed by atoms with Crippen LogP contribution in [0.15, 0.2) is 0 Å². The van der Waals surface area contributed by atoms with Crippen molar-refractivity contribution in [3.05, 3.63) is 0 Å². The third-order valence-electron chi connectivity index (χ3n) is 1.79. The van der Waals surface area contributed by atoms with E-state index in [1.807, 2.05) is 20.8 Å². The van der Waals surface area contributed by atoms with Gasteiger partial charge in [0.05, 0.1) is 0 Å². The van der Waals surface area contributed by atoms with E-state index < -0.39 is 14.4 Å². The van der Waals surface area contributed by atoms with Gasteiger partial charge in [-0.2, -0.15) is 0 Å². The van der Waals surface area contributed by atoms with E-state index in [1.54, 1.807) is 6.55 Å². The maximum atomic E-state index is 13.4. The zero-order valence-corrected chi connectivity index (χ0v) is 9.39. The maximum absolute atomic E-state index is 13.4. The van der Waals surface area contributed by atoms with Gasteiger partial charge in [0, 0.05) is 13.2 Å². The van der Waals surface area contributed by atoms with Gasteiger partial charge in [-0.05, 0) is 26.8 Å². The molecular formula is C8H19FO2Si. The number of hydrogen-bond acceptors (Lipinski definition) is 2. The molecule has 0 amide bonds.